The zero-order chi connectivity index (χ0) is 11.0. The second kappa shape index (κ2) is 3.87. The average Bonchev–Trinajstić information content (AvgIpc) is 2.09. The Labute approximate surface area is 90.5 Å². The van der Waals surface area contributed by atoms with E-state index in [-0.39, 0.29) is 0 Å². The highest BCUT2D eigenvalue weighted by atomic mass is 14.4. The van der Waals surface area contributed by atoms with Crippen molar-refractivity contribution in [3.05, 3.63) is 0 Å². The SMILES string of the molecule is CCC(C)(C)C1CCC(C)C(C)(C)C1. The van der Waals surface area contributed by atoms with Gasteiger partial charge in [-0.05, 0) is 41.9 Å². The van der Waals surface area contributed by atoms with E-state index >= 15 is 0 Å². The van der Waals surface area contributed by atoms with Crippen LogP contribution in [0.5, 0.6) is 0 Å². The first kappa shape index (κ1) is 12.1. The second-order valence-corrected chi connectivity index (χ2v) is 6.71. The van der Waals surface area contributed by atoms with Gasteiger partial charge >= 0.3 is 0 Å². The molecule has 0 heteroatoms. The summed E-state index contributed by atoms with van der Waals surface area (Å²) in [6, 6.07) is 0. The third-order valence-electron chi connectivity index (χ3n) is 5.07. The van der Waals surface area contributed by atoms with Crippen molar-refractivity contribution in [1.29, 1.82) is 0 Å². The van der Waals surface area contributed by atoms with Gasteiger partial charge in [0.05, 0.1) is 0 Å². The monoisotopic (exact) mass is 196 g/mol. The van der Waals surface area contributed by atoms with Gasteiger partial charge in [-0.25, -0.2) is 0 Å². The van der Waals surface area contributed by atoms with Crippen LogP contribution in [0.25, 0.3) is 0 Å². The molecule has 0 radical (unpaired) electrons. The van der Waals surface area contributed by atoms with Crippen LogP contribution in [0.2, 0.25) is 0 Å². The minimum atomic E-state index is 0.553. The van der Waals surface area contributed by atoms with Crippen LogP contribution in [0.4, 0.5) is 0 Å². The molecule has 0 bridgehead atoms. The van der Waals surface area contributed by atoms with Crippen LogP contribution in [0.15, 0.2) is 0 Å². The number of hydrogen-bond donors (Lipinski definition) is 0. The van der Waals surface area contributed by atoms with Gasteiger partial charge in [-0.2, -0.15) is 0 Å². The molecule has 0 aromatic rings. The van der Waals surface area contributed by atoms with E-state index in [1.807, 2.05) is 0 Å². The molecule has 1 aliphatic carbocycles. The fraction of sp³-hybridized carbons (Fsp3) is 1.00. The molecule has 1 aliphatic rings. The van der Waals surface area contributed by atoms with Crippen molar-refractivity contribution in [2.45, 2.75) is 67.2 Å². The van der Waals surface area contributed by atoms with E-state index in [2.05, 4.69) is 41.5 Å². The highest BCUT2D eigenvalue weighted by Crippen LogP contribution is 2.49. The zero-order valence-corrected chi connectivity index (χ0v) is 11.0. The molecule has 14 heavy (non-hydrogen) atoms. The maximum Gasteiger partial charge on any atom is -0.0326 e. The molecule has 0 aromatic carbocycles. The number of rotatable bonds is 2. The van der Waals surface area contributed by atoms with Gasteiger partial charge in [0, 0.05) is 0 Å². The Morgan fingerprint density at radius 1 is 1.21 bits per heavy atom. The summed E-state index contributed by atoms with van der Waals surface area (Å²) in [5.74, 6) is 1.85. The predicted molar refractivity (Wildman–Crippen MR) is 64.4 cm³/mol. The van der Waals surface area contributed by atoms with Gasteiger partial charge in [0.2, 0.25) is 0 Å². The van der Waals surface area contributed by atoms with Gasteiger partial charge in [-0.15, -0.1) is 0 Å². The molecular formula is C14H28. The summed E-state index contributed by atoms with van der Waals surface area (Å²) in [7, 11) is 0. The Morgan fingerprint density at radius 3 is 2.21 bits per heavy atom. The van der Waals surface area contributed by atoms with E-state index in [1.54, 1.807) is 0 Å². The summed E-state index contributed by atoms with van der Waals surface area (Å²) in [5.41, 5.74) is 1.12. The molecule has 1 saturated carbocycles. The summed E-state index contributed by atoms with van der Waals surface area (Å²) in [6.45, 7) is 14.6. The quantitative estimate of drug-likeness (QED) is 0.590. The van der Waals surface area contributed by atoms with Crippen LogP contribution in [-0.4, -0.2) is 0 Å². The first-order chi connectivity index (χ1) is 6.29. The average molecular weight is 196 g/mol. The van der Waals surface area contributed by atoms with Gasteiger partial charge < -0.3 is 0 Å². The van der Waals surface area contributed by atoms with Gasteiger partial charge in [-0.1, -0.05) is 48.0 Å². The minimum Gasteiger partial charge on any atom is -0.0649 e. The third kappa shape index (κ3) is 2.32. The van der Waals surface area contributed by atoms with Gasteiger partial charge in [0.15, 0.2) is 0 Å². The zero-order valence-electron chi connectivity index (χ0n) is 11.0. The van der Waals surface area contributed by atoms with Crippen LogP contribution >= 0.6 is 0 Å². The van der Waals surface area contributed by atoms with Gasteiger partial charge in [-0.3, -0.25) is 0 Å². The van der Waals surface area contributed by atoms with E-state index in [9.17, 15) is 0 Å². The molecule has 0 aromatic heterocycles. The maximum atomic E-state index is 2.45. The molecule has 2 unspecified atom stereocenters. The van der Waals surface area contributed by atoms with E-state index in [1.165, 1.54) is 25.7 Å². The molecule has 1 fully saturated rings. The van der Waals surface area contributed by atoms with Crippen molar-refractivity contribution in [3.63, 3.8) is 0 Å². The van der Waals surface area contributed by atoms with Crippen LogP contribution in [0, 0.1) is 22.7 Å². The lowest BCUT2D eigenvalue weighted by atomic mass is 9.59. The second-order valence-electron chi connectivity index (χ2n) is 6.71. The molecule has 0 aliphatic heterocycles. The van der Waals surface area contributed by atoms with E-state index in [0.717, 1.165) is 11.8 Å². The van der Waals surface area contributed by atoms with E-state index in [4.69, 9.17) is 0 Å². The molecule has 2 atom stereocenters. The van der Waals surface area contributed by atoms with Crippen molar-refractivity contribution in [3.8, 4) is 0 Å². The first-order valence-corrected chi connectivity index (χ1v) is 6.29. The molecule has 84 valence electrons. The summed E-state index contributed by atoms with van der Waals surface area (Å²) >= 11 is 0. The van der Waals surface area contributed by atoms with Gasteiger partial charge in [0.25, 0.3) is 0 Å². The van der Waals surface area contributed by atoms with Crippen molar-refractivity contribution in [2.75, 3.05) is 0 Å². The lowest BCUT2D eigenvalue weighted by Gasteiger charge is -2.46. The lowest BCUT2D eigenvalue weighted by Crippen LogP contribution is -2.36. The Bertz CT molecular complexity index is 186. The van der Waals surface area contributed by atoms with E-state index < -0.39 is 0 Å². The molecule has 0 N–H and O–H groups in total. The highest BCUT2D eigenvalue weighted by molar-refractivity contribution is 4.89. The largest absolute Gasteiger partial charge is 0.0649 e. The van der Waals surface area contributed by atoms with Crippen LogP contribution < -0.4 is 0 Å². The molecular weight excluding hydrogens is 168 g/mol. The topological polar surface area (TPSA) is 0 Å². The van der Waals surface area contributed by atoms with Crippen molar-refractivity contribution in [1.82, 2.24) is 0 Å². The molecule has 0 heterocycles. The minimum absolute atomic E-state index is 0.553. The number of hydrogen-bond acceptors (Lipinski definition) is 0. The highest BCUT2D eigenvalue weighted by Gasteiger charge is 2.39. The summed E-state index contributed by atoms with van der Waals surface area (Å²) in [5, 5.41) is 0. The standard InChI is InChI=1S/C14H28/c1-7-13(3,4)12-9-8-11(2)14(5,6)10-12/h11-12H,7-10H2,1-6H3. The van der Waals surface area contributed by atoms with Crippen molar-refractivity contribution in [2.24, 2.45) is 22.7 Å². The van der Waals surface area contributed by atoms with Crippen molar-refractivity contribution < 1.29 is 0 Å². The molecule has 0 nitrogen and oxygen atoms in total. The molecule has 0 spiro atoms. The molecule has 0 saturated heterocycles. The van der Waals surface area contributed by atoms with Crippen LogP contribution in [0.1, 0.15) is 67.2 Å². The Kier molecular flexibility index (Phi) is 3.33. The fourth-order valence-electron chi connectivity index (χ4n) is 2.74. The Hall–Kier alpha value is 0. The van der Waals surface area contributed by atoms with Gasteiger partial charge in [0.1, 0.15) is 0 Å². The third-order valence-corrected chi connectivity index (χ3v) is 5.07. The lowest BCUT2D eigenvalue weighted by molar-refractivity contribution is 0.0404. The predicted octanol–water partition coefficient (Wildman–Crippen LogP) is 4.89. The fourth-order valence-corrected chi connectivity index (χ4v) is 2.74. The molecule has 0 amide bonds. The summed E-state index contributed by atoms with van der Waals surface area (Å²) in [6.07, 6.45) is 5.63. The smallest absolute Gasteiger partial charge is 0.0326 e. The Morgan fingerprint density at radius 2 is 1.79 bits per heavy atom. The van der Waals surface area contributed by atoms with Crippen LogP contribution in [0.3, 0.4) is 0 Å². The first-order valence-electron chi connectivity index (χ1n) is 6.29. The molecule has 1 rings (SSSR count). The summed E-state index contributed by atoms with van der Waals surface area (Å²) < 4.78 is 0. The normalized spacial score (nSPS) is 33.0. The van der Waals surface area contributed by atoms with E-state index in [0.29, 0.717) is 10.8 Å². The van der Waals surface area contributed by atoms with Crippen molar-refractivity contribution >= 4 is 0 Å². The Balaban J connectivity index is 2.69. The summed E-state index contributed by atoms with van der Waals surface area (Å²) in [4.78, 5) is 0. The maximum absolute atomic E-state index is 2.45. The van der Waals surface area contributed by atoms with Crippen LogP contribution in [-0.2, 0) is 0 Å².